The number of pyridine rings is 1. The van der Waals surface area contributed by atoms with E-state index < -0.39 is 24.1 Å². The smallest absolute Gasteiger partial charge is 0.350 e. The van der Waals surface area contributed by atoms with E-state index in [0.717, 1.165) is 0 Å². The van der Waals surface area contributed by atoms with Gasteiger partial charge in [-0.05, 0) is 12.1 Å². The second-order valence-electron chi connectivity index (χ2n) is 5.52. The molecule has 1 N–H and O–H groups in total. The number of carbonyl (C=O) groups is 2. The van der Waals surface area contributed by atoms with Crippen LogP contribution in [0.3, 0.4) is 0 Å². The summed E-state index contributed by atoms with van der Waals surface area (Å²) in [7, 11) is 0. The summed E-state index contributed by atoms with van der Waals surface area (Å²) in [5.74, 6) is -1.95. The largest absolute Gasteiger partial charge is 0.479 e. The Morgan fingerprint density at radius 1 is 1.39 bits per heavy atom. The fourth-order valence-electron chi connectivity index (χ4n) is 2.63. The van der Waals surface area contributed by atoms with Crippen LogP contribution in [0.5, 0.6) is 0 Å². The lowest BCUT2D eigenvalue weighted by Crippen LogP contribution is -2.39. The van der Waals surface area contributed by atoms with Crippen LogP contribution in [0.2, 0.25) is 0 Å². The van der Waals surface area contributed by atoms with Gasteiger partial charge < -0.3 is 10.0 Å². The molecule has 1 fully saturated rings. The molecule has 1 aliphatic heterocycles. The topological polar surface area (TPSA) is 96.9 Å². The monoisotopic (exact) mass is 322 g/mol. The summed E-state index contributed by atoms with van der Waals surface area (Å²) in [4.78, 5) is 36.1. The molecule has 8 nitrogen and oxygen atoms in total. The number of nitrogens with zero attached hydrogens (tertiary/aromatic N) is 4. The van der Waals surface area contributed by atoms with Crippen molar-refractivity contribution in [1.29, 1.82) is 0 Å². The van der Waals surface area contributed by atoms with Gasteiger partial charge in [0.15, 0.2) is 5.65 Å². The number of fused-ring (bicyclic) bond motifs is 1. The van der Waals surface area contributed by atoms with Gasteiger partial charge in [-0.1, -0.05) is 6.07 Å². The molecular formula is C14H15FN4O4. The molecule has 122 valence electrons. The number of hydrogen-bond donors (Lipinski definition) is 1. The molecular weight excluding hydrogens is 307 g/mol. The Morgan fingerprint density at radius 3 is 2.83 bits per heavy atom. The second kappa shape index (κ2) is 5.49. The van der Waals surface area contributed by atoms with Gasteiger partial charge in [-0.3, -0.25) is 9.20 Å². The van der Waals surface area contributed by atoms with Crippen LogP contribution in [0.4, 0.5) is 4.39 Å². The molecule has 0 aliphatic carbocycles. The number of amides is 1. The van der Waals surface area contributed by atoms with Gasteiger partial charge in [0.2, 0.25) is 11.6 Å². The second-order valence-corrected chi connectivity index (χ2v) is 5.52. The summed E-state index contributed by atoms with van der Waals surface area (Å²) in [6.07, 6.45) is 1.32. The number of carboxylic acids is 1. The van der Waals surface area contributed by atoms with Crippen LogP contribution in [0.15, 0.2) is 29.2 Å². The molecule has 0 spiro atoms. The summed E-state index contributed by atoms with van der Waals surface area (Å²) in [6.45, 7) is -0.342. The molecule has 9 heteroatoms. The highest BCUT2D eigenvalue weighted by Gasteiger charge is 2.46. The minimum absolute atomic E-state index is 0.0422. The molecule has 1 saturated heterocycles. The lowest BCUT2D eigenvalue weighted by molar-refractivity contribution is -0.150. The fraction of sp³-hybridized carbons (Fsp3) is 0.429. The predicted octanol–water partition coefficient (Wildman–Crippen LogP) is -0.0887. The van der Waals surface area contributed by atoms with Crippen LogP contribution in [0.1, 0.15) is 12.8 Å². The van der Waals surface area contributed by atoms with Crippen LogP contribution < -0.4 is 5.69 Å². The maximum atomic E-state index is 13.9. The van der Waals surface area contributed by atoms with Gasteiger partial charge in [0.1, 0.15) is 0 Å². The zero-order chi connectivity index (χ0) is 16.6. The Bertz CT molecular complexity index is 830. The highest BCUT2D eigenvalue weighted by atomic mass is 19.1. The molecule has 3 rings (SSSR count). The van der Waals surface area contributed by atoms with Crippen molar-refractivity contribution >= 4 is 17.5 Å². The number of aliphatic carboxylic acids is 1. The highest BCUT2D eigenvalue weighted by molar-refractivity contribution is 5.82. The Morgan fingerprint density at radius 2 is 2.17 bits per heavy atom. The Labute approximate surface area is 129 Å². The zero-order valence-electron chi connectivity index (χ0n) is 12.2. The third-order valence-electron chi connectivity index (χ3n) is 3.98. The van der Waals surface area contributed by atoms with E-state index in [1.807, 2.05) is 0 Å². The van der Waals surface area contributed by atoms with Gasteiger partial charge in [-0.25, -0.2) is 18.7 Å². The minimum atomic E-state index is -2.38. The molecule has 0 bridgehead atoms. The third-order valence-corrected chi connectivity index (χ3v) is 3.98. The molecule has 1 atom stereocenters. The molecule has 3 heterocycles. The van der Waals surface area contributed by atoms with Crippen LogP contribution >= 0.6 is 0 Å². The van der Waals surface area contributed by atoms with E-state index in [4.69, 9.17) is 5.11 Å². The van der Waals surface area contributed by atoms with Crippen LogP contribution in [0, 0.1) is 0 Å². The summed E-state index contributed by atoms with van der Waals surface area (Å²) in [6, 6.07) is 5.11. The van der Waals surface area contributed by atoms with E-state index in [0.29, 0.717) is 5.65 Å². The summed E-state index contributed by atoms with van der Waals surface area (Å²) in [5, 5.41) is 12.9. The van der Waals surface area contributed by atoms with Crippen LogP contribution in [-0.4, -0.2) is 54.8 Å². The number of likely N-dealkylation sites (tertiary alicyclic amines) is 1. The molecule has 1 unspecified atom stereocenters. The average Bonchev–Trinajstić information content (AvgIpc) is 3.08. The van der Waals surface area contributed by atoms with E-state index in [2.05, 4.69) is 5.10 Å². The van der Waals surface area contributed by atoms with Gasteiger partial charge in [-0.15, -0.1) is 5.10 Å². The van der Waals surface area contributed by atoms with Crippen LogP contribution in [-0.2, 0) is 16.1 Å². The van der Waals surface area contributed by atoms with E-state index in [1.54, 1.807) is 24.4 Å². The first-order chi connectivity index (χ1) is 10.9. The standard InChI is InChI=1S/C14H15FN4O4/c15-14(12(21)22)5-8-17(9-14)11(20)4-7-19-13(23)18-6-2-1-3-10(18)16-19/h1-3,6H,4-5,7-9H2,(H,21,22). The maximum Gasteiger partial charge on any atom is 0.350 e. The molecule has 1 amide bonds. The van der Waals surface area contributed by atoms with E-state index in [-0.39, 0.29) is 31.6 Å². The van der Waals surface area contributed by atoms with Gasteiger partial charge in [-0.2, -0.15) is 0 Å². The van der Waals surface area contributed by atoms with Crippen molar-refractivity contribution in [3.05, 3.63) is 34.9 Å². The molecule has 0 radical (unpaired) electrons. The summed E-state index contributed by atoms with van der Waals surface area (Å²) < 4.78 is 16.5. The number of aryl methyl sites for hydroxylation is 1. The van der Waals surface area contributed by atoms with Crippen molar-refractivity contribution in [2.75, 3.05) is 13.1 Å². The van der Waals surface area contributed by atoms with Gasteiger partial charge in [0.05, 0.1) is 13.1 Å². The van der Waals surface area contributed by atoms with Crippen molar-refractivity contribution in [3.63, 3.8) is 0 Å². The van der Waals surface area contributed by atoms with Crippen molar-refractivity contribution in [3.8, 4) is 0 Å². The van der Waals surface area contributed by atoms with Crippen molar-refractivity contribution < 1.29 is 19.1 Å². The minimum Gasteiger partial charge on any atom is -0.479 e. The molecule has 2 aromatic heterocycles. The number of hydrogen-bond acceptors (Lipinski definition) is 4. The summed E-state index contributed by atoms with van der Waals surface area (Å²) in [5.41, 5.74) is -2.27. The first-order valence-electron chi connectivity index (χ1n) is 7.15. The molecule has 2 aromatic rings. The Kier molecular flexibility index (Phi) is 3.63. The highest BCUT2D eigenvalue weighted by Crippen LogP contribution is 2.26. The quantitative estimate of drug-likeness (QED) is 0.848. The first kappa shape index (κ1) is 15.2. The number of carboxylic acid groups (broad SMARTS) is 1. The van der Waals surface area contributed by atoms with Gasteiger partial charge >= 0.3 is 11.7 Å². The number of rotatable bonds is 4. The maximum absolute atomic E-state index is 13.9. The molecule has 0 aromatic carbocycles. The van der Waals surface area contributed by atoms with Crippen molar-refractivity contribution in [1.82, 2.24) is 19.1 Å². The summed E-state index contributed by atoms with van der Waals surface area (Å²) >= 11 is 0. The van der Waals surface area contributed by atoms with Crippen molar-refractivity contribution in [2.45, 2.75) is 25.1 Å². The van der Waals surface area contributed by atoms with Crippen LogP contribution in [0.25, 0.3) is 5.65 Å². The molecule has 23 heavy (non-hydrogen) atoms. The molecule has 1 aliphatic rings. The van der Waals surface area contributed by atoms with Crippen molar-refractivity contribution in [2.24, 2.45) is 0 Å². The van der Waals surface area contributed by atoms with E-state index in [1.165, 1.54) is 14.0 Å². The number of aromatic nitrogens is 3. The Hall–Kier alpha value is -2.71. The van der Waals surface area contributed by atoms with Gasteiger partial charge in [0, 0.05) is 25.6 Å². The lowest BCUT2D eigenvalue weighted by atomic mass is 10.1. The number of carbonyl (C=O) groups excluding carboxylic acids is 1. The average molecular weight is 322 g/mol. The zero-order valence-corrected chi connectivity index (χ0v) is 12.2. The number of alkyl halides is 1. The predicted molar refractivity (Wildman–Crippen MR) is 76.7 cm³/mol. The molecule has 0 saturated carbocycles. The SMILES string of the molecule is O=C(CCn1nc2ccccn2c1=O)N1CCC(F)(C(=O)O)C1. The fourth-order valence-corrected chi connectivity index (χ4v) is 2.63. The normalized spacial score (nSPS) is 21.0. The van der Waals surface area contributed by atoms with E-state index >= 15 is 0 Å². The Balaban J connectivity index is 1.66. The van der Waals surface area contributed by atoms with E-state index in [9.17, 15) is 18.8 Å². The number of halogens is 1. The third kappa shape index (κ3) is 2.69. The van der Waals surface area contributed by atoms with Gasteiger partial charge in [0.25, 0.3) is 0 Å². The lowest BCUT2D eigenvalue weighted by Gasteiger charge is -2.17. The first-order valence-corrected chi connectivity index (χ1v) is 7.15.